The molecule has 4 rings (SSSR count). The van der Waals surface area contributed by atoms with E-state index in [1.54, 1.807) is 6.08 Å². The fourth-order valence-electron chi connectivity index (χ4n) is 4.22. The predicted octanol–water partition coefficient (Wildman–Crippen LogP) is 0.650. The average molecular weight is 415 g/mol. The molecule has 0 aliphatic carbocycles. The first-order chi connectivity index (χ1) is 14.2. The highest BCUT2D eigenvalue weighted by molar-refractivity contribution is 6.23. The summed E-state index contributed by atoms with van der Waals surface area (Å²) >= 11 is 0. The average Bonchev–Trinajstić information content (AvgIpc) is 3.32. The van der Waals surface area contributed by atoms with Crippen molar-refractivity contribution in [2.75, 3.05) is 4.90 Å². The molecule has 10 nitrogen and oxygen atoms in total. The lowest BCUT2D eigenvalue weighted by Gasteiger charge is -2.34. The van der Waals surface area contributed by atoms with Crippen molar-refractivity contribution in [3.8, 4) is 0 Å². The van der Waals surface area contributed by atoms with Crippen molar-refractivity contribution in [3.05, 3.63) is 42.0 Å². The van der Waals surface area contributed by atoms with E-state index in [4.69, 9.17) is 19.3 Å². The van der Waals surface area contributed by atoms with Crippen LogP contribution in [0.15, 0.2) is 36.4 Å². The summed E-state index contributed by atoms with van der Waals surface area (Å²) in [4.78, 5) is 61.5. The zero-order chi connectivity index (χ0) is 21.8. The SMILES string of the molecule is CC(=O)OC(OC(C)=O)[C@@]12C=C[C@@H](O1)[C@@H]1C(=O)N(c3ccc(C(=O)O)cc3)C(=O)[C@H]12. The summed E-state index contributed by atoms with van der Waals surface area (Å²) in [5.74, 6) is -5.77. The third-order valence-corrected chi connectivity index (χ3v) is 5.36. The lowest BCUT2D eigenvalue weighted by Crippen LogP contribution is -2.52. The first-order valence-electron chi connectivity index (χ1n) is 9.08. The maximum atomic E-state index is 13.3. The molecule has 1 aromatic rings. The molecule has 2 saturated heterocycles. The van der Waals surface area contributed by atoms with Crippen LogP contribution in [0.1, 0.15) is 24.2 Å². The topological polar surface area (TPSA) is 137 Å². The standard InChI is InChI=1S/C20H17NO9/c1-9(22)28-19(29-10(2)23)20-8-7-13(30-20)14-15(20)17(25)21(16(14)24)12-5-3-11(4-6-12)18(26)27/h3-8,13-15,19H,1-2H3,(H,26,27)/t13-,14+,15+,20+/m1/s1. The fraction of sp³-hybridized carbons (Fsp3) is 0.350. The third kappa shape index (κ3) is 2.79. The highest BCUT2D eigenvalue weighted by Crippen LogP contribution is 2.54. The second-order valence-corrected chi connectivity index (χ2v) is 7.21. The van der Waals surface area contributed by atoms with E-state index in [0.717, 1.165) is 18.7 Å². The zero-order valence-electron chi connectivity index (χ0n) is 15.9. The van der Waals surface area contributed by atoms with Crippen molar-refractivity contribution in [1.29, 1.82) is 0 Å². The summed E-state index contributed by atoms with van der Waals surface area (Å²) in [5.41, 5.74) is -1.42. The Labute approximate surface area is 170 Å². The Morgan fingerprint density at radius 2 is 1.67 bits per heavy atom. The Balaban J connectivity index is 1.71. The molecule has 0 radical (unpaired) electrons. The number of hydrogen-bond donors (Lipinski definition) is 1. The first kappa shape index (κ1) is 19.8. The highest BCUT2D eigenvalue weighted by Gasteiger charge is 2.72. The van der Waals surface area contributed by atoms with E-state index in [1.165, 1.54) is 30.3 Å². The smallest absolute Gasteiger partial charge is 0.335 e. The lowest BCUT2D eigenvalue weighted by atomic mass is 9.76. The lowest BCUT2D eigenvalue weighted by molar-refractivity contribution is -0.226. The Hall–Kier alpha value is -3.53. The number of aromatic carboxylic acids is 1. The summed E-state index contributed by atoms with van der Waals surface area (Å²) in [6.07, 6.45) is 0.749. The van der Waals surface area contributed by atoms with Gasteiger partial charge in [0.05, 0.1) is 29.2 Å². The van der Waals surface area contributed by atoms with Crippen LogP contribution in [-0.4, -0.2) is 52.8 Å². The number of anilines is 1. The number of hydrogen-bond acceptors (Lipinski definition) is 8. The van der Waals surface area contributed by atoms with Crippen molar-refractivity contribution >= 4 is 35.4 Å². The number of ether oxygens (including phenoxy) is 3. The number of imide groups is 1. The van der Waals surface area contributed by atoms with Gasteiger partial charge in [-0.1, -0.05) is 6.08 Å². The number of esters is 2. The summed E-state index contributed by atoms with van der Waals surface area (Å²) in [6, 6.07) is 5.29. The van der Waals surface area contributed by atoms with Crippen LogP contribution in [0.4, 0.5) is 5.69 Å². The van der Waals surface area contributed by atoms with Gasteiger partial charge in [-0.2, -0.15) is 0 Å². The monoisotopic (exact) mass is 415 g/mol. The number of carbonyl (C=O) groups excluding carboxylic acids is 4. The minimum atomic E-state index is -1.63. The maximum absolute atomic E-state index is 13.3. The van der Waals surface area contributed by atoms with Crippen LogP contribution in [0.25, 0.3) is 0 Å². The second kappa shape index (κ2) is 6.77. The summed E-state index contributed by atoms with van der Waals surface area (Å²) in [5, 5.41) is 9.04. The molecule has 3 heterocycles. The van der Waals surface area contributed by atoms with Crippen LogP contribution in [0.2, 0.25) is 0 Å². The van der Waals surface area contributed by atoms with E-state index in [2.05, 4.69) is 0 Å². The molecule has 3 aliphatic rings. The Kier molecular flexibility index (Phi) is 4.46. The summed E-state index contributed by atoms with van der Waals surface area (Å²) in [7, 11) is 0. The van der Waals surface area contributed by atoms with Gasteiger partial charge in [0, 0.05) is 13.8 Å². The van der Waals surface area contributed by atoms with Gasteiger partial charge in [0.25, 0.3) is 6.29 Å². The van der Waals surface area contributed by atoms with E-state index in [0.29, 0.717) is 0 Å². The molecule has 3 aliphatic heterocycles. The van der Waals surface area contributed by atoms with E-state index < -0.39 is 59.6 Å². The van der Waals surface area contributed by atoms with Gasteiger partial charge in [0.2, 0.25) is 11.8 Å². The number of carboxylic acids is 1. The van der Waals surface area contributed by atoms with E-state index in [9.17, 15) is 24.0 Å². The molecule has 0 aromatic heterocycles. The zero-order valence-corrected chi connectivity index (χ0v) is 15.9. The van der Waals surface area contributed by atoms with Crippen LogP contribution in [0.3, 0.4) is 0 Å². The maximum Gasteiger partial charge on any atom is 0.335 e. The van der Waals surface area contributed by atoms with E-state index in [1.807, 2.05) is 0 Å². The number of carboxylic acid groups (broad SMARTS) is 1. The summed E-state index contributed by atoms with van der Waals surface area (Å²) in [6.45, 7) is 2.24. The molecule has 0 spiro atoms. The van der Waals surface area contributed by atoms with Gasteiger partial charge in [-0.15, -0.1) is 0 Å². The van der Waals surface area contributed by atoms with Gasteiger partial charge in [0.1, 0.15) is 0 Å². The van der Waals surface area contributed by atoms with Crippen molar-refractivity contribution in [2.24, 2.45) is 11.8 Å². The van der Waals surface area contributed by atoms with Crippen molar-refractivity contribution in [2.45, 2.75) is 31.8 Å². The van der Waals surface area contributed by atoms with Gasteiger partial charge in [0.15, 0.2) is 5.60 Å². The normalized spacial score (nSPS) is 28.8. The number of nitrogens with zero attached hydrogens (tertiary/aromatic N) is 1. The number of rotatable bonds is 5. The molecule has 1 N–H and O–H groups in total. The molecule has 2 fully saturated rings. The highest BCUT2D eigenvalue weighted by atomic mass is 16.7. The molecular weight excluding hydrogens is 398 g/mol. The molecule has 0 unspecified atom stereocenters. The Bertz CT molecular complexity index is 982. The Morgan fingerprint density at radius 1 is 1.07 bits per heavy atom. The van der Waals surface area contributed by atoms with Crippen molar-refractivity contribution in [3.63, 3.8) is 0 Å². The summed E-state index contributed by atoms with van der Waals surface area (Å²) < 4.78 is 16.1. The van der Waals surface area contributed by atoms with Crippen molar-refractivity contribution < 1.29 is 43.3 Å². The molecular formula is C20H17NO9. The third-order valence-electron chi connectivity index (χ3n) is 5.36. The molecule has 2 amide bonds. The van der Waals surface area contributed by atoms with Crippen LogP contribution in [0, 0.1) is 11.8 Å². The van der Waals surface area contributed by atoms with Gasteiger partial charge in [-0.25, -0.2) is 9.69 Å². The van der Waals surface area contributed by atoms with E-state index in [-0.39, 0.29) is 11.3 Å². The first-order valence-corrected chi connectivity index (χ1v) is 9.08. The van der Waals surface area contributed by atoms with Gasteiger partial charge >= 0.3 is 17.9 Å². The molecule has 10 heteroatoms. The quantitative estimate of drug-likeness (QED) is 0.318. The van der Waals surface area contributed by atoms with Crippen LogP contribution in [-0.2, 0) is 33.4 Å². The molecule has 1 aromatic carbocycles. The number of benzene rings is 1. The van der Waals surface area contributed by atoms with Crippen LogP contribution < -0.4 is 4.90 Å². The minimum Gasteiger partial charge on any atom is -0.478 e. The molecule has 4 atom stereocenters. The largest absolute Gasteiger partial charge is 0.478 e. The van der Waals surface area contributed by atoms with Gasteiger partial charge in [-0.05, 0) is 30.3 Å². The molecule has 0 saturated carbocycles. The second-order valence-electron chi connectivity index (χ2n) is 7.21. The minimum absolute atomic E-state index is 0.00404. The van der Waals surface area contributed by atoms with Crippen LogP contribution in [0.5, 0.6) is 0 Å². The molecule has 156 valence electrons. The van der Waals surface area contributed by atoms with Gasteiger partial charge in [-0.3, -0.25) is 19.2 Å². The molecule has 2 bridgehead atoms. The predicted molar refractivity (Wildman–Crippen MR) is 96.9 cm³/mol. The number of fused-ring (bicyclic) bond motifs is 5. The number of carbonyl (C=O) groups is 5. The fourth-order valence-corrected chi connectivity index (χ4v) is 4.22. The number of amides is 2. The van der Waals surface area contributed by atoms with Crippen LogP contribution >= 0.6 is 0 Å². The van der Waals surface area contributed by atoms with E-state index >= 15 is 0 Å². The molecule has 30 heavy (non-hydrogen) atoms. The van der Waals surface area contributed by atoms with Crippen molar-refractivity contribution in [1.82, 2.24) is 0 Å². The Morgan fingerprint density at radius 3 is 2.20 bits per heavy atom. The van der Waals surface area contributed by atoms with Gasteiger partial charge < -0.3 is 19.3 Å².